The van der Waals surface area contributed by atoms with Crippen LogP contribution in [-0.4, -0.2) is 70.1 Å². The number of carbonyl (C=O) groups excluding carboxylic acids is 2. The first-order chi connectivity index (χ1) is 19.0. The number of carboxylic acids is 1. The van der Waals surface area contributed by atoms with E-state index in [4.69, 9.17) is 4.74 Å². The molecule has 2 N–H and O–H groups in total. The van der Waals surface area contributed by atoms with Gasteiger partial charge in [-0.25, -0.2) is 4.98 Å². The van der Waals surface area contributed by atoms with Crippen molar-refractivity contribution in [2.24, 2.45) is 11.3 Å². The minimum atomic E-state index is -1.09. The van der Waals surface area contributed by atoms with Gasteiger partial charge >= 0.3 is 5.97 Å². The van der Waals surface area contributed by atoms with Gasteiger partial charge < -0.3 is 29.5 Å². The normalized spacial score (nSPS) is 13.7. The lowest BCUT2D eigenvalue weighted by molar-refractivity contribution is -0.151. The fourth-order valence-corrected chi connectivity index (χ4v) is 4.76. The highest BCUT2D eigenvalue weighted by Crippen LogP contribution is 2.30. The lowest BCUT2D eigenvalue weighted by Crippen LogP contribution is -2.50. The van der Waals surface area contributed by atoms with Crippen molar-refractivity contribution in [2.75, 3.05) is 43.0 Å². The van der Waals surface area contributed by atoms with Crippen molar-refractivity contribution < 1.29 is 24.2 Å². The van der Waals surface area contributed by atoms with Crippen LogP contribution in [0.2, 0.25) is 0 Å². The number of ether oxygens (including phenoxy) is 1. The molecule has 0 bridgehead atoms. The van der Waals surface area contributed by atoms with Crippen LogP contribution in [0.25, 0.3) is 10.9 Å². The first kappa shape index (κ1) is 31.7. The van der Waals surface area contributed by atoms with Gasteiger partial charge in [0.25, 0.3) is 5.91 Å². The third-order valence-electron chi connectivity index (χ3n) is 7.16. The zero-order chi connectivity index (χ0) is 29.0. The van der Waals surface area contributed by atoms with E-state index < -0.39 is 11.4 Å². The summed E-state index contributed by atoms with van der Waals surface area (Å²) in [6.07, 6.45) is 1.61. The molecule has 3 aromatic rings. The Morgan fingerprint density at radius 1 is 1.10 bits per heavy atom. The topological polar surface area (TPSA) is 117 Å². The number of anilines is 2. The Balaban J connectivity index is 0.00000462. The molecule has 0 saturated carbocycles. The molecule has 0 radical (unpaired) electrons. The van der Waals surface area contributed by atoms with E-state index in [1.165, 1.54) is 0 Å². The third-order valence-corrected chi connectivity index (χ3v) is 7.16. The van der Waals surface area contributed by atoms with Crippen molar-refractivity contribution in [3.8, 4) is 5.75 Å². The standard InChI is InChI=1S/C30H39N5O5.ClH/c1-6-35-23-8-7-9-25(40-19-20(2)3)22(23)16-24(35)28(37)32-21-10-11-26(31-18-21)33-12-14-34(15-13-33)27(36)17-30(4,5)29(38)39;/h7-11,16,18,20H,6,12-15,17,19H2,1-5H3,(H,32,37)(H,38,39);1H. The Hall–Kier alpha value is -3.79. The molecule has 11 heteroatoms. The molecule has 1 aromatic carbocycles. The molecule has 4 rings (SSSR count). The maximum Gasteiger partial charge on any atom is 0.309 e. The van der Waals surface area contributed by atoms with Gasteiger partial charge in [-0.2, -0.15) is 0 Å². The Morgan fingerprint density at radius 2 is 1.80 bits per heavy atom. The number of hydrogen-bond acceptors (Lipinski definition) is 6. The highest BCUT2D eigenvalue weighted by molar-refractivity contribution is 6.07. The first-order valence-corrected chi connectivity index (χ1v) is 13.8. The molecule has 0 aliphatic carbocycles. The Morgan fingerprint density at radius 3 is 2.39 bits per heavy atom. The molecule has 1 aliphatic rings. The van der Waals surface area contributed by atoms with Crippen LogP contribution in [0.15, 0.2) is 42.6 Å². The number of fused-ring (bicyclic) bond motifs is 1. The van der Waals surface area contributed by atoms with Crippen molar-refractivity contribution in [2.45, 2.75) is 47.6 Å². The number of nitrogens with one attached hydrogen (secondary N) is 1. The summed E-state index contributed by atoms with van der Waals surface area (Å²) in [6, 6.07) is 11.4. The fourth-order valence-electron chi connectivity index (χ4n) is 4.76. The van der Waals surface area contributed by atoms with Crippen molar-refractivity contribution in [3.05, 3.63) is 48.3 Å². The number of aryl methyl sites for hydroxylation is 1. The van der Waals surface area contributed by atoms with Crippen molar-refractivity contribution in [1.82, 2.24) is 14.5 Å². The molecule has 222 valence electrons. The van der Waals surface area contributed by atoms with Gasteiger partial charge in [-0.15, -0.1) is 12.4 Å². The number of carboxylic acid groups (broad SMARTS) is 1. The predicted octanol–water partition coefficient (Wildman–Crippen LogP) is 4.91. The third kappa shape index (κ3) is 7.30. The molecule has 1 aliphatic heterocycles. The summed E-state index contributed by atoms with van der Waals surface area (Å²) >= 11 is 0. The highest BCUT2D eigenvalue weighted by Gasteiger charge is 2.33. The Labute approximate surface area is 247 Å². The highest BCUT2D eigenvalue weighted by atomic mass is 35.5. The zero-order valence-electron chi connectivity index (χ0n) is 24.3. The summed E-state index contributed by atoms with van der Waals surface area (Å²) in [5.41, 5.74) is 0.994. The fraction of sp³-hybridized carbons (Fsp3) is 0.467. The number of aromatic nitrogens is 2. The minimum Gasteiger partial charge on any atom is -0.493 e. The maximum atomic E-state index is 13.3. The van der Waals surface area contributed by atoms with Crippen LogP contribution in [0.1, 0.15) is 51.5 Å². The molecule has 2 amide bonds. The summed E-state index contributed by atoms with van der Waals surface area (Å²) in [6.45, 7) is 12.8. The van der Waals surface area contributed by atoms with Crippen LogP contribution in [0, 0.1) is 11.3 Å². The van der Waals surface area contributed by atoms with E-state index >= 15 is 0 Å². The van der Waals surface area contributed by atoms with E-state index in [9.17, 15) is 19.5 Å². The molecule has 0 spiro atoms. The predicted molar refractivity (Wildman–Crippen MR) is 162 cm³/mol. The van der Waals surface area contributed by atoms with E-state index in [2.05, 4.69) is 29.0 Å². The van der Waals surface area contributed by atoms with Crippen LogP contribution in [0.3, 0.4) is 0 Å². The number of piperazine rings is 1. The van der Waals surface area contributed by atoms with Gasteiger partial charge in [0.15, 0.2) is 0 Å². The molecule has 0 atom stereocenters. The van der Waals surface area contributed by atoms with Crippen molar-refractivity contribution in [3.63, 3.8) is 0 Å². The molecule has 2 aromatic heterocycles. The number of nitrogens with zero attached hydrogens (tertiary/aromatic N) is 4. The summed E-state index contributed by atoms with van der Waals surface area (Å²) in [4.78, 5) is 45.6. The van der Waals surface area contributed by atoms with E-state index in [-0.39, 0.29) is 30.6 Å². The number of hydrogen-bond donors (Lipinski definition) is 2. The number of benzene rings is 1. The zero-order valence-corrected chi connectivity index (χ0v) is 25.2. The smallest absolute Gasteiger partial charge is 0.309 e. The summed E-state index contributed by atoms with van der Waals surface area (Å²) in [7, 11) is 0. The minimum absolute atomic E-state index is 0. The van der Waals surface area contributed by atoms with Gasteiger partial charge in [-0.05, 0) is 57.0 Å². The second-order valence-corrected chi connectivity index (χ2v) is 11.3. The van der Waals surface area contributed by atoms with Crippen LogP contribution in [0.4, 0.5) is 11.5 Å². The summed E-state index contributed by atoms with van der Waals surface area (Å²) in [5.74, 6) is 0.563. The van der Waals surface area contributed by atoms with E-state index in [1.54, 1.807) is 24.9 Å². The SMILES string of the molecule is CCn1c(C(=O)Nc2ccc(N3CCN(C(=O)CC(C)(C)C(=O)O)CC3)nc2)cc2c(OCC(C)C)cccc21.Cl. The molecular weight excluding hydrogens is 546 g/mol. The molecule has 0 unspecified atom stereocenters. The maximum absolute atomic E-state index is 13.3. The molecule has 10 nitrogen and oxygen atoms in total. The van der Waals surface area contributed by atoms with Crippen molar-refractivity contribution in [1.29, 1.82) is 0 Å². The van der Waals surface area contributed by atoms with E-state index in [1.807, 2.05) is 47.9 Å². The monoisotopic (exact) mass is 585 g/mol. The average molecular weight is 586 g/mol. The second kappa shape index (κ2) is 13.2. The first-order valence-electron chi connectivity index (χ1n) is 13.8. The van der Waals surface area contributed by atoms with Crippen LogP contribution >= 0.6 is 12.4 Å². The van der Waals surface area contributed by atoms with Gasteiger partial charge in [0.05, 0.1) is 29.4 Å². The largest absolute Gasteiger partial charge is 0.493 e. The van der Waals surface area contributed by atoms with Gasteiger partial charge in [0.1, 0.15) is 17.3 Å². The van der Waals surface area contributed by atoms with E-state index in [0.717, 1.165) is 22.5 Å². The number of halogens is 1. The number of rotatable bonds is 10. The average Bonchev–Trinajstić information content (AvgIpc) is 3.31. The van der Waals surface area contributed by atoms with Crippen LogP contribution < -0.4 is 15.0 Å². The van der Waals surface area contributed by atoms with Gasteiger partial charge in [0, 0.05) is 44.5 Å². The summed E-state index contributed by atoms with van der Waals surface area (Å²) in [5, 5.41) is 13.2. The number of aliphatic carboxylic acids is 1. The van der Waals surface area contributed by atoms with Crippen LogP contribution in [0.5, 0.6) is 5.75 Å². The second-order valence-electron chi connectivity index (χ2n) is 11.3. The number of amides is 2. The molecule has 41 heavy (non-hydrogen) atoms. The Bertz CT molecular complexity index is 1380. The Kier molecular flexibility index (Phi) is 10.3. The van der Waals surface area contributed by atoms with Gasteiger partial charge in [0.2, 0.25) is 5.91 Å². The van der Waals surface area contributed by atoms with Gasteiger partial charge in [-0.3, -0.25) is 14.4 Å². The quantitative estimate of drug-likeness (QED) is 0.347. The number of carbonyl (C=O) groups is 3. The van der Waals surface area contributed by atoms with Gasteiger partial charge in [-0.1, -0.05) is 19.9 Å². The lowest BCUT2D eigenvalue weighted by Gasteiger charge is -2.36. The molecule has 3 heterocycles. The molecule has 1 fully saturated rings. The van der Waals surface area contributed by atoms with E-state index in [0.29, 0.717) is 56.6 Å². The lowest BCUT2D eigenvalue weighted by atomic mass is 9.89. The van der Waals surface area contributed by atoms with Crippen molar-refractivity contribution >= 4 is 52.6 Å². The summed E-state index contributed by atoms with van der Waals surface area (Å²) < 4.78 is 7.99. The number of pyridine rings is 1. The molecule has 1 saturated heterocycles. The van der Waals surface area contributed by atoms with Crippen LogP contribution in [-0.2, 0) is 16.1 Å². The molecular formula is C30H40ClN5O5.